The highest BCUT2D eigenvalue weighted by molar-refractivity contribution is 7.09. The van der Waals surface area contributed by atoms with Crippen LogP contribution in [0.25, 0.3) is 0 Å². The average Bonchev–Trinajstić information content (AvgIpc) is 2.93. The molecule has 1 aromatic heterocycles. The second-order valence-electron chi connectivity index (χ2n) is 4.20. The standard InChI is InChI=1S/C12H18N4O4S/c1-3-16(2)10(17)6-14-12(20)13-5-4-9-15-8(7-21-9)11(18)19/h7H,3-6H2,1-2H3,(H,18,19)(H2,13,14,20). The van der Waals surface area contributed by atoms with Crippen molar-refractivity contribution in [3.63, 3.8) is 0 Å². The summed E-state index contributed by atoms with van der Waals surface area (Å²) in [6.07, 6.45) is 0.439. The summed E-state index contributed by atoms with van der Waals surface area (Å²) < 4.78 is 0. The summed E-state index contributed by atoms with van der Waals surface area (Å²) in [6, 6.07) is -0.442. The molecule has 3 amide bonds. The first-order valence-electron chi connectivity index (χ1n) is 6.37. The Bertz CT molecular complexity index is 517. The molecule has 0 aliphatic carbocycles. The Morgan fingerprint density at radius 1 is 1.38 bits per heavy atom. The molecule has 21 heavy (non-hydrogen) atoms. The lowest BCUT2D eigenvalue weighted by atomic mass is 10.4. The van der Waals surface area contributed by atoms with Crippen molar-refractivity contribution in [3.8, 4) is 0 Å². The van der Waals surface area contributed by atoms with Crippen molar-refractivity contribution in [1.29, 1.82) is 0 Å². The quantitative estimate of drug-likeness (QED) is 0.664. The zero-order chi connectivity index (χ0) is 15.8. The molecule has 0 fully saturated rings. The van der Waals surface area contributed by atoms with Gasteiger partial charge in [0.25, 0.3) is 0 Å². The van der Waals surface area contributed by atoms with E-state index < -0.39 is 12.0 Å². The van der Waals surface area contributed by atoms with Crippen molar-refractivity contribution in [2.75, 3.05) is 26.7 Å². The molecule has 0 atom stereocenters. The van der Waals surface area contributed by atoms with Gasteiger partial charge in [-0.15, -0.1) is 11.3 Å². The predicted octanol–water partition coefficient (Wildman–Crippen LogP) is 0.161. The number of urea groups is 1. The summed E-state index contributed by atoms with van der Waals surface area (Å²) in [4.78, 5) is 39.0. The first kappa shape index (κ1) is 16.9. The normalized spacial score (nSPS) is 10.0. The molecule has 0 bridgehead atoms. The van der Waals surface area contributed by atoms with Crippen LogP contribution in [0.5, 0.6) is 0 Å². The lowest BCUT2D eigenvalue weighted by Gasteiger charge is -2.14. The van der Waals surface area contributed by atoms with E-state index in [0.717, 1.165) is 0 Å². The average molecular weight is 314 g/mol. The third-order valence-electron chi connectivity index (χ3n) is 2.70. The number of aromatic carboxylic acids is 1. The number of carboxylic acid groups (broad SMARTS) is 1. The zero-order valence-corrected chi connectivity index (χ0v) is 12.7. The van der Waals surface area contributed by atoms with Crippen LogP contribution in [0.1, 0.15) is 22.4 Å². The summed E-state index contributed by atoms with van der Waals surface area (Å²) in [5.41, 5.74) is 0.00708. The van der Waals surface area contributed by atoms with Crippen LogP contribution >= 0.6 is 11.3 Å². The number of carboxylic acids is 1. The summed E-state index contributed by atoms with van der Waals surface area (Å²) >= 11 is 1.23. The number of carbonyl (C=O) groups excluding carboxylic acids is 2. The van der Waals surface area contributed by atoms with Gasteiger partial charge in [0.15, 0.2) is 5.69 Å². The Kier molecular flexibility index (Phi) is 6.60. The molecule has 8 nitrogen and oxygen atoms in total. The van der Waals surface area contributed by atoms with E-state index in [2.05, 4.69) is 15.6 Å². The molecule has 0 aliphatic heterocycles. The number of thiazole rings is 1. The van der Waals surface area contributed by atoms with Crippen LogP contribution in [0.3, 0.4) is 0 Å². The van der Waals surface area contributed by atoms with Gasteiger partial charge < -0.3 is 20.6 Å². The highest BCUT2D eigenvalue weighted by atomic mass is 32.1. The zero-order valence-electron chi connectivity index (χ0n) is 11.9. The van der Waals surface area contributed by atoms with Crippen molar-refractivity contribution in [2.45, 2.75) is 13.3 Å². The number of nitrogens with one attached hydrogen (secondary N) is 2. The molecule has 1 rings (SSSR count). The molecule has 0 unspecified atom stereocenters. The van der Waals surface area contributed by atoms with Gasteiger partial charge in [-0.1, -0.05) is 0 Å². The number of rotatable bonds is 7. The van der Waals surface area contributed by atoms with Gasteiger partial charge in [-0.25, -0.2) is 14.6 Å². The minimum absolute atomic E-state index is 0.00708. The van der Waals surface area contributed by atoms with E-state index >= 15 is 0 Å². The smallest absolute Gasteiger partial charge is 0.355 e. The van der Waals surface area contributed by atoms with Gasteiger partial charge in [-0.2, -0.15) is 0 Å². The minimum atomic E-state index is -1.07. The summed E-state index contributed by atoms with van der Waals surface area (Å²) in [5, 5.41) is 15.9. The van der Waals surface area contributed by atoms with Gasteiger partial charge in [0, 0.05) is 31.9 Å². The van der Waals surface area contributed by atoms with Crippen LogP contribution < -0.4 is 10.6 Å². The lowest BCUT2D eigenvalue weighted by Crippen LogP contribution is -2.43. The van der Waals surface area contributed by atoms with Crippen molar-refractivity contribution in [3.05, 3.63) is 16.1 Å². The molecule has 0 aromatic carbocycles. The monoisotopic (exact) mass is 314 g/mol. The third kappa shape index (κ3) is 5.78. The number of hydrogen-bond acceptors (Lipinski definition) is 5. The number of nitrogens with zero attached hydrogens (tertiary/aromatic N) is 2. The molecule has 0 radical (unpaired) electrons. The Hall–Kier alpha value is -2.16. The van der Waals surface area contributed by atoms with Gasteiger partial charge in [-0.05, 0) is 6.92 Å². The van der Waals surface area contributed by atoms with E-state index in [1.165, 1.54) is 21.6 Å². The van der Waals surface area contributed by atoms with Gasteiger partial charge in [0.1, 0.15) is 0 Å². The molecule has 0 saturated carbocycles. The molecule has 3 N–H and O–H groups in total. The van der Waals surface area contributed by atoms with Gasteiger partial charge in [0.05, 0.1) is 11.6 Å². The molecule has 116 valence electrons. The van der Waals surface area contributed by atoms with E-state index in [1.807, 2.05) is 6.92 Å². The molecular formula is C12H18N4O4S. The van der Waals surface area contributed by atoms with Crippen molar-refractivity contribution in [2.24, 2.45) is 0 Å². The van der Waals surface area contributed by atoms with Crippen LogP contribution in [0.4, 0.5) is 4.79 Å². The largest absolute Gasteiger partial charge is 0.476 e. The number of likely N-dealkylation sites (N-methyl/N-ethyl adjacent to an activating group) is 1. The van der Waals surface area contributed by atoms with E-state index in [9.17, 15) is 14.4 Å². The van der Waals surface area contributed by atoms with E-state index in [1.54, 1.807) is 7.05 Å². The van der Waals surface area contributed by atoms with Gasteiger partial charge in [0.2, 0.25) is 5.91 Å². The second-order valence-corrected chi connectivity index (χ2v) is 5.14. The van der Waals surface area contributed by atoms with Crippen LogP contribution in [0, 0.1) is 0 Å². The molecule has 0 aliphatic rings. The first-order valence-corrected chi connectivity index (χ1v) is 7.25. The molecule has 1 aromatic rings. The number of amides is 3. The molecule has 0 spiro atoms. The van der Waals surface area contributed by atoms with E-state index in [0.29, 0.717) is 24.5 Å². The van der Waals surface area contributed by atoms with Crippen LogP contribution in [-0.2, 0) is 11.2 Å². The topological polar surface area (TPSA) is 112 Å². The number of aromatic nitrogens is 1. The Morgan fingerprint density at radius 2 is 2.10 bits per heavy atom. The molecule has 1 heterocycles. The van der Waals surface area contributed by atoms with Crippen molar-refractivity contribution >= 4 is 29.2 Å². The van der Waals surface area contributed by atoms with Crippen LogP contribution in [-0.4, -0.2) is 59.6 Å². The first-order chi connectivity index (χ1) is 9.93. The van der Waals surface area contributed by atoms with Gasteiger partial charge >= 0.3 is 12.0 Å². The fourth-order valence-electron chi connectivity index (χ4n) is 1.34. The maximum Gasteiger partial charge on any atom is 0.355 e. The lowest BCUT2D eigenvalue weighted by molar-refractivity contribution is -0.128. The third-order valence-corrected chi connectivity index (χ3v) is 3.60. The predicted molar refractivity (Wildman–Crippen MR) is 77.5 cm³/mol. The van der Waals surface area contributed by atoms with Crippen molar-refractivity contribution in [1.82, 2.24) is 20.5 Å². The summed E-state index contributed by atoms with van der Waals surface area (Å²) in [5.74, 6) is -1.24. The fourth-order valence-corrected chi connectivity index (χ4v) is 2.11. The minimum Gasteiger partial charge on any atom is -0.476 e. The number of hydrogen-bond donors (Lipinski definition) is 3. The summed E-state index contributed by atoms with van der Waals surface area (Å²) in [7, 11) is 1.66. The number of carbonyl (C=O) groups is 3. The van der Waals surface area contributed by atoms with Gasteiger partial charge in [-0.3, -0.25) is 4.79 Å². The fraction of sp³-hybridized carbons (Fsp3) is 0.500. The molecular weight excluding hydrogens is 296 g/mol. The van der Waals surface area contributed by atoms with Crippen LogP contribution in [0.2, 0.25) is 0 Å². The van der Waals surface area contributed by atoms with Crippen molar-refractivity contribution < 1.29 is 19.5 Å². The van der Waals surface area contributed by atoms with Crippen LogP contribution in [0.15, 0.2) is 5.38 Å². The van der Waals surface area contributed by atoms with E-state index in [4.69, 9.17) is 5.11 Å². The Morgan fingerprint density at radius 3 is 2.67 bits per heavy atom. The molecule has 9 heteroatoms. The maximum absolute atomic E-state index is 11.5. The summed E-state index contributed by atoms with van der Waals surface area (Å²) in [6.45, 7) is 2.68. The van der Waals surface area contributed by atoms with E-state index in [-0.39, 0.29) is 18.1 Å². The Balaban J connectivity index is 2.24. The Labute approximate surface area is 126 Å². The molecule has 0 saturated heterocycles. The SMILES string of the molecule is CCN(C)C(=O)CNC(=O)NCCc1nc(C(=O)O)cs1. The second kappa shape index (κ2) is 8.20. The highest BCUT2D eigenvalue weighted by Crippen LogP contribution is 2.09. The highest BCUT2D eigenvalue weighted by Gasteiger charge is 2.10. The maximum atomic E-state index is 11.5.